The van der Waals surface area contributed by atoms with E-state index in [9.17, 15) is 8.42 Å². The van der Waals surface area contributed by atoms with Crippen LogP contribution in [-0.4, -0.2) is 15.5 Å². The summed E-state index contributed by atoms with van der Waals surface area (Å²) in [5.74, 6) is 0. The van der Waals surface area contributed by atoms with Crippen molar-refractivity contribution in [1.29, 1.82) is 0 Å². The van der Waals surface area contributed by atoms with Crippen LogP contribution in [-0.2, 0) is 10.0 Å². The third-order valence-corrected chi connectivity index (χ3v) is 4.20. The van der Waals surface area contributed by atoms with Crippen LogP contribution in [0.15, 0.2) is 53.4 Å². The summed E-state index contributed by atoms with van der Waals surface area (Å²) >= 11 is 5.74. The normalized spacial score (nSPS) is 11.1. The zero-order chi connectivity index (χ0) is 13.9. The summed E-state index contributed by atoms with van der Waals surface area (Å²) in [6.07, 6.45) is 0. The van der Waals surface area contributed by atoms with Crippen molar-refractivity contribution >= 4 is 33.0 Å². The summed E-state index contributed by atoms with van der Waals surface area (Å²) in [7, 11) is -1.88. The minimum Gasteiger partial charge on any atom is -0.386 e. The zero-order valence-electron chi connectivity index (χ0n) is 10.2. The van der Waals surface area contributed by atoms with Gasteiger partial charge in [-0.05, 0) is 36.4 Å². The Hall–Kier alpha value is -1.72. The molecule has 0 aliphatic carbocycles. The Morgan fingerprint density at radius 2 is 1.53 bits per heavy atom. The molecule has 0 saturated heterocycles. The second-order valence-electron chi connectivity index (χ2n) is 3.86. The lowest BCUT2D eigenvalue weighted by Gasteiger charge is -2.12. The first-order valence-electron chi connectivity index (χ1n) is 5.58. The summed E-state index contributed by atoms with van der Waals surface area (Å²) in [5.41, 5.74) is 1.21. The first kappa shape index (κ1) is 13.7. The van der Waals surface area contributed by atoms with Gasteiger partial charge in [0.25, 0.3) is 10.0 Å². The van der Waals surface area contributed by atoms with Gasteiger partial charge in [0, 0.05) is 12.1 Å². The molecule has 2 aromatic carbocycles. The maximum Gasteiger partial charge on any atom is 0.261 e. The van der Waals surface area contributed by atoms with Gasteiger partial charge in [0.1, 0.15) is 0 Å². The van der Waals surface area contributed by atoms with Crippen LogP contribution in [0.25, 0.3) is 0 Å². The molecule has 0 amide bonds. The molecule has 2 aromatic rings. The van der Waals surface area contributed by atoms with Crippen LogP contribution in [0.3, 0.4) is 0 Å². The molecule has 6 heteroatoms. The average Bonchev–Trinajstić information content (AvgIpc) is 2.39. The number of benzene rings is 2. The molecular weight excluding hydrogens is 284 g/mol. The van der Waals surface area contributed by atoms with Crippen LogP contribution in [0.2, 0.25) is 5.02 Å². The number of anilines is 2. The highest BCUT2D eigenvalue weighted by Gasteiger charge is 2.15. The third kappa shape index (κ3) is 3.19. The van der Waals surface area contributed by atoms with Gasteiger partial charge in [0.15, 0.2) is 0 Å². The molecule has 100 valence electrons. The zero-order valence-corrected chi connectivity index (χ0v) is 11.8. The summed E-state index contributed by atoms with van der Waals surface area (Å²) in [6, 6.07) is 13.1. The van der Waals surface area contributed by atoms with Crippen molar-refractivity contribution in [2.24, 2.45) is 0 Å². The minimum atomic E-state index is -3.61. The van der Waals surface area contributed by atoms with E-state index >= 15 is 0 Å². The first-order valence-corrected chi connectivity index (χ1v) is 7.44. The second-order valence-corrected chi connectivity index (χ2v) is 5.97. The van der Waals surface area contributed by atoms with Crippen LogP contribution >= 0.6 is 11.6 Å². The van der Waals surface area contributed by atoms with Crippen LogP contribution in [0.4, 0.5) is 11.4 Å². The number of nitrogens with one attached hydrogen (secondary N) is 2. The highest BCUT2D eigenvalue weighted by molar-refractivity contribution is 7.92. The number of rotatable bonds is 4. The Morgan fingerprint density at radius 3 is 2.11 bits per heavy atom. The molecule has 0 fully saturated rings. The monoisotopic (exact) mass is 296 g/mol. The fourth-order valence-corrected chi connectivity index (χ4v) is 2.81. The van der Waals surface area contributed by atoms with Gasteiger partial charge in [-0.25, -0.2) is 8.42 Å². The van der Waals surface area contributed by atoms with Crippen LogP contribution in [0.1, 0.15) is 0 Å². The fraction of sp³-hybridized carbons (Fsp3) is 0.0769. The second kappa shape index (κ2) is 5.50. The van der Waals surface area contributed by atoms with Gasteiger partial charge in [-0.2, -0.15) is 0 Å². The Labute approximate surface area is 117 Å². The van der Waals surface area contributed by atoms with Gasteiger partial charge in [0.05, 0.1) is 16.3 Å². The number of sulfonamides is 1. The maximum absolute atomic E-state index is 12.2. The lowest BCUT2D eigenvalue weighted by molar-refractivity contribution is 0.601. The summed E-state index contributed by atoms with van der Waals surface area (Å²) in [4.78, 5) is 0.169. The van der Waals surface area contributed by atoms with Crippen LogP contribution in [0, 0.1) is 0 Å². The standard InChI is InChI=1S/C13H13ClN2O2S/c1-15-12-4-2-3-5-13(12)16-19(17,18)11-8-6-10(14)7-9-11/h2-9,15-16H,1H3. The predicted octanol–water partition coefficient (Wildman–Crippen LogP) is 3.18. The lowest BCUT2D eigenvalue weighted by Crippen LogP contribution is -2.13. The van der Waals surface area contributed by atoms with Crippen LogP contribution < -0.4 is 10.0 Å². The van der Waals surface area contributed by atoms with E-state index in [1.54, 1.807) is 37.4 Å². The topological polar surface area (TPSA) is 58.2 Å². The number of hydrogen-bond donors (Lipinski definition) is 2. The summed E-state index contributed by atoms with van der Waals surface area (Å²) in [6.45, 7) is 0. The van der Waals surface area contributed by atoms with Crippen LogP contribution in [0.5, 0.6) is 0 Å². The highest BCUT2D eigenvalue weighted by Crippen LogP contribution is 2.24. The van der Waals surface area contributed by atoms with Gasteiger partial charge >= 0.3 is 0 Å². The minimum absolute atomic E-state index is 0.169. The van der Waals surface area contributed by atoms with E-state index in [0.717, 1.165) is 0 Å². The van der Waals surface area contributed by atoms with E-state index in [1.165, 1.54) is 12.1 Å². The Morgan fingerprint density at radius 1 is 0.947 bits per heavy atom. The highest BCUT2D eigenvalue weighted by atomic mass is 35.5. The summed E-state index contributed by atoms with van der Waals surface area (Å²) < 4.78 is 26.9. The van der Waals surface area contributed by atoms with Crippen molar-refractivity contribution < 1.29 is 8.42 Å². The molecule has 19 heavy (non-hydrogen) atoms. The van der Waals surface area contributed by atoms with Crippen molar-refractivity contribution in [1.82, 2.24) is 0 Å². The molecule has 2 rings (SSSR count). The molecule has 0 heterocycles. The molecule has 0 radical (unpaired) electrons. The molecule has 0 aromatic heterocycles. The quantitative estimate of drug-likeness (QED) is 0.911. The van der Waals surface area contributed by atoms with Gasteiger partial charge in [0.2, 0.25) is 0 Å². The molecule has 4 nitrogen and oxygen atoms in total. The Kier molecular flexibility index (Phi) is 3.97. The number of hydrogen-bond acceptors (Lipinski definition) is 3. The van der Waals surface area contributed by atoms with E-state index in [0.29, 0.717) is 16.4 Å². The van der Waals surface area contributed by atoms with Crippen molar-refractivity contribution in [3.05, 3.63) is 53.6 Å². The lowest BCUT2D eigenvalue weighted by atomic mass is 10.3. The fourth-order valence-electron chi connectivity index (χ4n) is 1.61. The Balaban J connectivity index is 2.34. The molecule has 0 spiro atoms. The number of para-hydroxylation sites is 2. The molecule has 2 N–H and O–H groups in total. The van der Waals surface area contributed by atoms with Crippen molar-refractivity contribution in [2.75, 3.05) is 17.1 Å². The molecule has 0 atom stereocenters. The maximum atomic E-state index is 12.2. The summed E-state index contributed by atoms with van der Waals surface area (Å²) in [5, 5.41) is 3.43. The molecule has 0 aliphatic rings. The predicted molar refractivity (Wildman–Crippen MR) is 78.2 cm³/mol. The van der Waals surface area contributed by atoms with E-state index < -0.39 is 10.0 Å². The molecule has 0 saturated carbocycles. The third-order valence-electron chi connectivity index (χ3n) is 2.56. The van der Waals surface area contributed by atoms with Gasteiger partial charge in [-0.3, -0.25) is 4.72 Å². The van der Waals surface area contributed by atoms with Gasteiger partial charge in [-0.1, -0.05) is 23.7 Å². The van der Waals surface area contributed by atoms with Gasteiger partial charge < -0.3 is 5.32 Å². The van der Waals surface area contributed by atoms with Crippen molar-refractivity contribution in [2.45, 2.75) is 4.90 Å². The van der Waals surface area contributed by atoms with Crippen molar-refractivity contribution in [3.8, 4) is 0 Å². The van der Waals surface area contributed by atoms with E-state index in [4.69, 9.17) is 11.6 Å². The molecular formula is C13H13ClN2O2S. The first-order chi connectivity index (χ1) is 9.03. The number of halogens is 1. The molecule has 0 aliphatic heterocycles. The van der Waals surface area contributed by atoms with E-state index in [-0.39, 0.29) is 4.90 Å². The van der Waals surface area contributed by atoms with E-state index in [1.807, 2.05) is 6.07 Å². The van der Waals surface area contributed by atoms with E-state index in [2.05, 4.69) is 10.0 Å². The van der Waals surface area contributed by atoms with Gasteiger partial charge in [-0.15, -0.1) is 0 Å². The molecule has 0 unspecified atom stereocenters. The van der Waals surface area contributed by atoms with Crippen molar-refractivity contribution in [3.63, 3.8) is 0 Å². The SMILES string of the molecule is CNc1ccccc1NS(=O)(=O)c1ccc(Cl)cc1. The Bertz CT molecular complexity index is 669. The molecule has 0 bridgehead atoms. The smallest absolute Gasteiger partial charge is 0.261 e. The average molecular weight is 297 g/mol. The largest absolute Gasteiger partial charge is 0.386 e.